The number of aromatic carboxylic acids is 2. The molecule has 0 bridgehead atoms. The van der Waals surface area contributed by atoms with Crippen molar-refractivity contribution in [2.75, 3.05) is 10.6 Å². The van der Waals surface area contributed by atoms with Crippen LogP contribution in [0.4, 0.5) is 11.4 Å². The molecule has 0 saturated heterocycles. The molecule has 0 aliphatic heterocycles. The van der Waals surface area contributed by atoms with Gasteiger partial charge in [-0.2, -0.15) is 0 Å². The number of hydrogen-bond donors (Lipinski definition) is 2. The maximum Gasteiger partial charge on any atom is 2.00 e. The minimum Gasteiger partial charge on any atom is -0.545 e. The van der Waals surface area contributed by atoms with Crippen molar-refractivity contribution in [3.63, 3.8) is 0 Å². The number of carbonyl (C=O) groups is 4. The van der Waals surface area contributed by atoms with Gasteiger partial charge in [-0.05, 0) is 47.2 Å². The Morgan fingerprint density at radius 3 is 1.31 bits per heavy atom. The molecule has 0 radical (unpaired) electrons. The summed E-state index contributed by atoms with van der Waals surface area (Å²) in [4.78, 5) is 47.0. The second kappa shape index (κ2) is 16.4. The summed E-state index contributed by atoms with van der Waals surface area (Å²) in [6, 6.07) is 19.8. The third kappa shape index (κ3) is 10.6. The molecule has 0 aliphatic carbocycles. The molecule has 0 unspecified atom stereocenters. The number of benzene rings is 2. The normalized spacial score (nSPS) is 10.3. The summed E-state index contributed by atoms with van der Waals surface area (Å²) in [5.41, 5.74) is 0.368. The van der Waals surface area contributed by atoms with Crippen LogP contribution >= 0.6 is 22.7 Å². The molecule has 11 heteroatoms. The van der Waals surface area contributed by atoms with Crippen molar-refractivity contribution < 1.29 is 29.4 Å². The molecule has 2 aromatic heterocycles. The predicted octanol–water partition coefficient (Wildman–Crippen LogP) is 3.15. The van der Waals surface area contributed by atoms with Crippen LogP contribution in [0.15, 0.2) is 95.7 Å². The molecular weight excluding hydrogens is 565 g/mol. The van der Waals surface area contributed by atoms with Crippen LogP contribution in [0.25, 0.3) is 12.2 Å². The number of para-hydroxylation sites is 2. The average molecular weight is 585 g/mol. The van der Waals surface area contributed by atoms with Crippen molar-refractivity contribution in [3.05, 3.63) is 117 Å². The minimum atomic E-state index is -1.32. The van der Waals surface area contributed by atoms with Crippen LogP contribution in [-0.4, -0.2) is 61.5 Å². The Morgan fingerprint density at radius 1 is 0.590 bits per heavy atom. The summed E-state index contributed by atoms with van der Waals surface area (Å²) in [7, 11) is 0. The van der Waals surface area contributed by atoms with E-state index < -0.39 is 11.9 Å². The summed E-state index contributed by atoms with van der Waals surface area (Å²) in [6.45, 7) is 0. The van der Waals surface area contributed by atoms with Crippen molar-refractivity contribution >= 4 is 108 Å². The summed E-state index contributed by atoms with van der Waals surface area (Å²) in [5, 5.41) is 30.6. The Balaban J connectivity index is 0.000000267. The largest absolute Gasteiger partial charge is 2.00 e. The smallest absolute Gasteiger partial charge is 0.545 e. The first-order valence-corrected chi connectivity index (χ1v) is 12.8. The van der Waals surface area contributed by atoms with Crippen LogP contribution in [0.2, 0.25) is 0 Å². The minimum absolute atomic E-state index is 0. The topological polar surface area (TPSA) is 138 Å². The number of hydrogen-bond acceptors (Lipinski definition) is 8. The fourth-order valence-electron chi connectivity index (χ4n) is 2.98. The zero-order chi connectivity index (χ0) is 27.3. The third-order valence-electron chi connectivity index (χ3n) is 4.69. The van der Waals surface area contributed by atoms with Gasteiger partial charge in [0.2, 0.25) is 11.8 Å². The van der Waals surface area contributed by atoms with Gasteiger partial charge in [0.25, 0.3) is 0 Å². The van der Waals surface area contributed by atoms with Gasteiger partial charge in [-0.3, -0.25) is 9.59 Å². The average Bonchev–Trinajstić information content (AvgIpc) is 3.62. The van der Waals surface area contributed by atoms with E-state index in [1.54, 1.807) is 36.4 Å². The van der Waals surface area contributed by atoms with Gasteiger partial charge in [0.15, 0.2) is 0 Å². The molecule has 4 rings (SSSR count). The van der Waals surface area contributed by atoms with Crippen LogP contribution in [-0.2, 0) is 9.59 Å². The molecule has 0 atom stereocenters. The summed E-state index contributed by atoms with van der Waals surface area (Å²) in [6.07, 6.45) is 6.05. The molecule has 4 aromatic rings. The molecule has 2 N–H and O–H groups in total. The fraction of sp³-hybridized carbons (Fsp3) is 0. The van der Waals surface area contributed by atoms with E-state index in [0.29, 0.717) is 0 Å². The van der Waals surface area contributed by atoms with E-state index in [0.717, 1.165) is 9.75 Å². The maximum absolute atomic E-state index is 11.7. The molecular formula is C28H20CaN2O6S2. The Labute approximate surface area is 262 Å². The molecule has 0 fully saturated rings. The number of amides is 2. The fourth-order valence-corrected chi connectivity index (χ4v) is 4.21. The van der Waals surface area contributed by atoms with Crippen LogP contribution in [0.5, 0.6) is 0 Å². The first-order valence-electron chi connectivity index (χ1n) is 11.0. The van der Waals surface area contributed by atoms with E-state index >= 15 is 0 Å². The molecule has 192 valence electrons. The van der Waals surface area contributed by atoms with E-state index in [4.69, 9.17) is 0 Å². The maximum atomic E-state index is 11.7. The summed E-state index contributed by atoms with van der Waals surface area (Å²) >= 11 is 3.02. The van der Waals surface area contributed by atoms with Crippen LogP contribution < -0.4 is 20.8 Å². The number of rotatable bonds is 8. The van der Waals surface area contributed by atoms with Crippen molar-refractivity contribution in [1.29, 1.82) is 0 Å². The quantitative estimate of drug-likeness (QED) is 0.241. The number of anilines is 2. The standard InChI is InChI=1S/2C14H11NO3S.Ca/c2*16-13(8-7-10-4-3-9-19-10)15-12-6-2-1-5-11(12)14(17)18;/h2*1-9H,(H,15,16)(H,17,18);/q;;+2/p-2. The zero-order valence-electron chi connectivity index (χ0n) is 20.4. The SMILES string of the molecule is O=C(C=Cc1cccs1)Nc1ccccc1C(=O)[O-].O=C(C=Cc1cccs1)Nc1ccccc1C(=O)[O-].[Ca+2]. The third-order valence-corrected chi connectivity index (χ3v) is 6.37. The molecule has 8 nitrogen and oxygen atoms in total. The number of carbonyl (C=O) groups excluding carboxylic acids is 4. The molecule has 2 heterocycles. The van der Waals surface area contributed by atoms with E-state index in [2.05, 4.69) is 10.6 Å². The van der Waals surface area contributed by atoms with Crippen molar-refractivity contribution in [3.8, 4) is 0 Å². The van der Waals surface area contributed by atoms with E-state index in [1.165, 1.54) is 59.1 Å². The van der Waals surface area contributed by atoms with Crippen LogP contribution in [0.3, 0.4) is 0 Å². The van der Waals surface area contributed by atoms with E-state index in [-0.39, 0.29) is 72.1 Å². The summed E-state index contributed by atoms with van der Waals surface area (Å²) in [5.74, 6) is -3.42. The second-order valence-electron chi connectivity index (χ2n) is 7.34. The number of nitrogens with one attached hydrogen (secondary N) is 2. The van der Waals surface area contributed by atoms with Gasteiger partial charge in [-0.15, -0.1) is 22.7 Å². The van der Waals surface area contributed by atoms with E-state index in [1.807, 2.05) is 35.0 Å². The van der Waals surface area contributed by atoms with E-state index in [9.17, 15) is 29.4 Å². The van der Waals surface area contributed by atoms with Crippen molar-refractivity contribution in [1.82, 2.24) is 0 Å². The van der Waals surface area contributed by atoms with Crippen molar-refractivity contribution in [2.24, 2.45) is 0 Å². The Hall–Kier alpha value is -3.54. The summed E-state index contributed by atoms with van der Waals surface area (Å²) < 4.78 is 0. The Morgan fingerprint density at radius 2 is 0.974 bits per heavy atom. The molecule has 2 amide bonds. The number of carboxylic acid groups (broad SMARTS) is 2. The van der Waals surface area contributed by atoms with Gasteiger partial charge in [0, 0.05) is 33.0 Å². The first kappa shape index (κ1) is 31.7. The van der Waals surface area contributed by atoms with Gasteiger partial charge >= 0.3 is 37.7 Å². The van der Waals surface area contributed by atoms with Gasteiger partial charge in [0.05, 0.1) is 23.3 Å². The number of thiophene rings is 2. The van der Waals surface area contributed by atoms with Gasteiger partial charge in [-0.25, -0.2) is 0 Å². The van der Waals surface area contributed by atoms with Crippen LogP contribution in [0.1, 0.15) is 30.5 Å². The zero-order valence-corrected chi connectivity index (χ0v) is 24.2. The molecule has 2 aromatic carbocycles. The van der Waals surface area contributed by atoms with Gasteiger partial charge in [0.1, 0.15) is 0 Å². The second-order valence-corrected chi connectivity index (χ2v) is 9.30. The predicted molar refractivity (Wildman–Crippen MR) is 151 cm³/mol. The van der Waals surface area contributed by atoms with Crippen LogP contribution in [0, 0.1) is 0 Å². The molecule has 39 heavy (non-hydrogen) atoms. The first-order chi connectivity index (χ1) is 18.3. The van der Waals surface area contributed by atoms with Crippen molar-refractivity contribution in [2.45, 2.75) is 0 Å². The molecule has 0 spiro atoms. The molecule has 0 saturated carbocycles. The van der Waals surface area contributed by atoms with Gasteiger partial charge < -0.3 is 30.4 Å². The Kier molecular flexibility index (Phi) is 13.3. The molecule has 0 aliphatic rings. The monoisotopic (exact) mass is 584 g/mol. The number of carboxylic acids is 2. The Bertz CT molecular complexity index is 1350. The van der Waals surface area contributed by atoms with Gasteiger partial charge in [-0.1, -0.05) is 48.5 Å².